The number of rotatable bonds is 5. The summed E-state index contributed by atoms with van der Waals surface area (Å²) < 4.78 is 12.0. The minimum absolute atomic E-state index is 0.000787. The summed E-state index contributed by atoms with van der Waals surface area (Å²) >= 11 is 0. The third-order valence-corrected chi connectivity index (χ3v) is 7.43. The Balaban J connectivity index is 1.37. The number of hydrogen-bond acceptors (Lipinski definition) is 5. The van der Waals surface area contributed by atoms with E-state index in [1.165, 1.54) is 56.4 Å². The maximum atomic E-state index is 10.2. The van der Waals surface area contributed by atoms with E-state index in [2.05, 4.69) is 28.0 Å². The molecule has 5 nitrogen and oxygen atoms in total. The highest BCUT2D eigenvalue weighted by atomic mass is 16.5. The number of ether oxygens (including phenoxy) is 2. The quantitative estimate of drug-likeness (QED) is 0.773. The van der Waals surface area contributed by atoms with Crippen molar-refractivity contribution in [3.8, 4) is 11.5 Å². The highest BCUT2D eigenvalue weighted by Crippen LogP contribution is 2.55. The third kappa shape index (κ3) is 3.47. The van der Waals surface area contributed by atoms with Gasteiger partial charge >= 0.3 is 0 Å². The Bertz CT molecular complexity index is 774. The van der Waals surface area contributed by atoms with E-state index in [1.807, 2.05) is 6.08 Å². The number of methoxy groups -OCH3 is 1. The van der Waals surface area contributed by atoms with Crippen molar-refractivity contribution in [2.75, 3.05) is 39.8 Å². The molecule has 3 heterocycles. The molecular formula is C24H34N2O3. The molecule has 29 heavy (non-hydrogen) atoms. The molecule has 0 radical (unpaired) electrons. The van der Waals surface area contributed by atoms with Gasteiger partial charge in [-0.15, -0.1) is 0 Å². The van der Waals surface area contributed by atoms with Crippen LogP contribution >= 0.6 is 0 Å². The van der Waals surface area contributed by atoms with Gasteiger partial charge in [-0.1, -0.05) is 24.6 Å². The molecule has 5 rings (SSSR count). The Labute approximate surface area is 174 Å². The third-order valence-electron chi connectivity index (χ3n) is 7.43. The van der Waals surface area contributed by atoms with Crippen LogP contribution in [0.15, 0.2) is 24.3 Å². The molecule has 158 valence electrons. The average molecular weight is 399 g/mol. The Morgan fingerprint density at radius 2 is 1.97 bits per heavy atom. The SMILES string of the molecule is COc1ccc2c3c1OC1C[C@@H](O)C=CC31CCN(CCCN1CCCCC1)C2. The minimum Gasteiger partial charge on any atom is -0.493 e. The van der Waals surface area contributed by atoms with E-state index in [9.17, 15) is 5.11 Å². The molecule has 1 aromatic rings. The Hall–Kier alpha value is -1.56. The molecule has 0 amide bonds. The van der Waals surface area contributed by atoms with Crippen molar-refractivity contribution in [3.05, 3.63) is 35.4 Å². The molecule has 1 spiro atoms. The summed E-state index contributed by atoms with van der Waals surface area (Å²) in [5.41, 5.74) is 2.54. The average Bonchev–Trinajstić information content (AvgIpc) is 2.98. The first-order valence-electron chi connectivity index (χ1n) is 11.4. The number of benzene rings is 1. The normalized spacial score (nSPS) is 31.7. The summed E-state index contributed by atoms with van der Waals surface area (Å²) in [5, 5.41) is 10.2. The maximum absolute atomic E-state index is 10.2. The monoisotopic (exact) mass is 398 g/mol. The van der Waals surface area contributed by atoms with Gasteiger partial charge in [-0.2, -0.15) is 0 Å². The number of aliphatic hydroxyl groups is 1. The smallest absolute Gasteiger partial charge is 0.166 e. The van der Waals surface area contributed by atoms with Crippen LogP contribution in [-0.2, 0) is 12.0 Å². The lowest BCUT2D eigenvalue weighted by molar-refractivity contribution is 0.0807. The minimum atomic E-state index is -0.418. The molecule has 3 aliphatic heterocycles. The van der Waals surface area contributed by atoms with Crippen LogP contribution in [0.3, 0.4) is 0 Å². The number of hydrogen-bond donors (Lipinski definition) is 1. The fraction of sp³-hybridized carbons (Fsp3) is 0.667. The van der Waals surface area contributed by atoms with Crippen LogP contribution in [0.4, 0.5) is 0 Å². The summed E-state index contributed by atoms with van der Waals surface area (Å²) in [4.78, 5) is 5.26. The van der Waals surface area contributed by atoms with E-state index < -0.39 is 6.10 Å². The van der Waals surface area contributed by atoms with Crippen LogP contribution in [0, 0.1) is 0 Å². The molecule has 0 aromatic heterocycles. The zero-order valence-corrected chi connectivity index (χ0v) is 17.6. The van der Waals surface area contributed by atoms with Crippen LogP contribution in [0.2, 0.25) is 0 Å². The van der Waals surface area contributed by atoms with Crippen molar-refractivity contribution in [2.45, 2.75) is 62.7 Å². The lowest BCUT2D eigenvalue weighted by Gasteiger charge is -2.36. The molecule has 2 unspecified atom stereocenters. The summed E-state index contributed by atoms with van der Waals surface area (Å²) in [6.07, 6.45) is 10.9. The molecule has 4 aliphatic rings. The zero-order valence-electron chi connectivity index (χ0n) is 17.6. The van der Waals surface area contributed by atoms with Crippen LogP contribution in [0.5, 0.6) is 11.5 Å². The highest BCUT2D eigenvalue weighted by molar-refractivity contribution is 5.60. The standard InChI is InChI=1S/C24H34N2O3/c1-28-20-7-6-18-17-26(14-5-13-25-11-3-2-4-12-25)15-10-24-9-8-19(27)16-21(24)29-23(20)22(18)24/h6-9,19,21,27H,2-5,10-17H2,1H3/t19-,21?,24?/m0/s1. The second kappa shape index (κ2) is 7.93. The first-order valence-corrected chi connectivity index (χ1v) is 11.4. The fourth-order valence-corrected chi connectivity index (χ4v) is 5.89. The Morgan fingerprint density at radius 3 is 2.79 bits per heavy atom. The van der Waals surface area contributed by atoms with E-state index in [0.717, 1.165) is 37.6 Å². The Morgan fingerprint density at radius 1 is 1.14 bits per heavy atom. The zero-order chi connectivity index (χ0) is 19.8. The van der Waals surface area contributed by atoms with Crippen molar-refractivity contribution in [3.63, 3.8) is 0 Å². The van der Waals surface area contributed by atoms with E-state index in [0.29, 0.717) is 6.42 Å². The molecule has 0 bridgehead atoms. The Kier molecular flexibility index (Phi) is 5.31. The van der Waals surface area contributed by atoms with Gasteiger partial charge < -0.3 is 19.5 Å². The molecular weight excluding hydrogens is 364 g/mol. The van der Waals surface area contributed by atoms with Crippen molar-refractivity contribution in [1.29, 1.82) is 0 Å². The van der Waals surface area contributed by atoms with Crippen LogP contribution in [0.1, 0.15) is 49.7 Å². The second-order valence-electron chi connectivity index (χ2n) is 9.22. The van der Waals surface area contributed by atoms with Gasteiger partial charge in [-0.3, -0.25) is 4.90 Å². The van der Waals surface area contributed by atoms with E-state index in [-0.39, 0.29) is 11.5 Å². The number of nitrogens with zero attached hydrogens (tertiary/aromatic N) is 2. The van der Waals surface area contributed by atoms with Gasteiger partial charge in [0, 0.05) is 18.5 Å². The fourth-order valence-electron chi connectivity index (χ4n) is 5.89. The first kappa shape index (κ1) is 19.4. The van der Waals surface area contributed by atoms with E-state index >= 15 is 0 Å². The van der Waals surface area contributed by atoms with Crippen molar-refractivity contribution in [1.82, 2.24) is 9.80 Å². The van der Waals surface area contributed by atoms with Crippen molar-refractivity contribution < 1.29 is 14.6 Å². The topological polar surface area (TPSA) is 45.2 Å². The van der Waals surface area contributed by atoms with Gasteiger partial charge in [0.15, 0.2) is 11.5 Å². The predicted molar refractivity (Wildman–Crippen MR) is 114 cm³/mol. The van der Waals surface area contributed by atoms with Gasteiger partial charge in [-0.05, 0) is 70.0 Å². The highest BCUT2D eigenvalue weighted by Gasteiger charge is 2.52. The van der Waals surface area contributed by atoms with E-state index in [4.69, 9.17) is 9.47 Å². The molecule has 0 saturated carbocycles. The molecule has 1 fully saturated rings. The molecule has 1 aromatic carbocycles. The van der Waals surface area contributed by atoms with Gasteiger partial charge in [0.05, 0.1) is 18.6 Å². The van der Waals surface area contributed by atoms with Crippen LogP contribution in [-0.4, -0.2) is 66.9 Å². The van der Waals surface area contributed by atoms with Crippen LogP contribution in [0.25, 0.3) is 0 Å². The lowest BCUT2D eigenvalue weighted by Crippen LogP contribution is -2.43. The molecule has 3 atom stereocenters. The summed E-state index contributed by atoms with van der Waals surface area (Å²) in [7, 11) is 1.71. The maximum Gasteiger partial charge on any atom is 0.166 e. The first-order chi connectivity index (χ1) is 14.2. The molecule has 1 N–H and O–H groups in total. The predicted octanol–water partition coefficient (Wildman–Crippen LogP) is 3.10. The van der Waals surface area contributed by atoms with Gasteiger partial charge in [0.2, 0.25) is 0 Å². The van der Waals surface area contributed by atoms with Gasteiger partial charge in [0.25, 0.3) is 0 Å². The summed E-state index contributed by atoms with van der Waals surface area (Å²) in [6, 6.07) is 4.28. The molecule has 5 heteroatoms. The number of piperidine rings is 1. The van der Waals surface area contributed by atoms with Gasteiger partial charge in [0.1, 0.15) is 6.10 Å². The summed E-state index contributed by atoms with van der Waals surface area (Å²) in [5.74, 6) is 1.72. The second-order valence-corrected chi connectivity index (χ2v) is 9.22. The van der Waals surface area contributed by atoms with Crippen molar-refractivity contribution >= 4 is 0 Å². The molecule has 1 aliphatic carbocycles. The van der Waals surface area contributed by atoms with Crippen LogP contribution < -0.4 is 9.47 Å². The lowest BCUT2D eigenvalue weighted by atomic mass is 9.69. The van der Waals surface area contributed by atoms with E-state index in [1.54, 1.807) is 7.11 Å². The molecule has 1 saturated heterocycles. The number of aliphatic hydroxyl groups excluding tert-OH is 1. The largest absolute Gasteiger partial charge is 0.493 e. The summed E-state index contributed by atoms with van der Waals surface area (Å²) in [6.45, 7) is 6.96. The van der Waals surface area contributed by atoms with Crippen molar-refractivity contribution in [2.24, 2.45) is 0 Å². The number of likely N-dealkylation sites (tertiary alicyclic amines) is 1. The van der Waals surface area contributed by atoms with Gasteiger partial charge in [-0.25, -0.2) is 0 Å².